The fourth-order valence-electron chi connectivity index (χ4n) is 1.61. The van der Waals surface area contributed by atoms with Crippen LogP contribution < -0.4 is 5.32 Å². The molecular formula is C14H11FN2O2. The highest BCUT2D eigenvalue weighted by Gasteiger charge is 2.13. The number of carbonyl (C=O) groups excluding carboxylic acids is 2. The number of amides is 1. The number of aromatic nitrogens is 1. The van der Waals surface area contributed by atoms with Gasteiger partial charge in [0.05, 0.1) is 5.69 Å². The van der Waals surface area contributed by atoms with Crippen molar-refractivity contribution in [2.45, 2.75) is 6.92 Å². The number of pyridine rings is 1. The van der Waals surface area contributed by atoms with Crippen molar-refractivity contribution in [3.05, 3.63) is 59.7 Å². The number of hydrogen-bond donors (Lipinski definition) is 1. The maximum atomic E-state index is 13.2. The minimum Gasteiger partial charge on any atom is -0.320 e. The monoisotopic (exact) mass is 258 g/mol. The van der Waals surface area contributed by atoms with E-state index in [2.05, 4.69) is 10.3 Å². The molecule has 0 aliphatic heterocycles. The van der Waals surface area contributed by atoms with Crippen molar-refractivity contribution in [3.63, 3.8) is 0 Å². The molecule has 0 spiro atoms. The first kappa shape index (κ1) is 12.9. The normalized spacial score (nSPS) is 10.0. The summed E-state index contributed by atoms with van der Waals surface area (Å²) >= 11 is 0. The van der Waals surface area contributed by atoms with E-state index in [-0.39, 0.29) is 22.7 Å². The van der Waals surface area contributed by atoms with Crippen LogP contribution in [0.3, 0.4) is 0 Å². The Morgan fingerprint density at radius 2 is 2.00 bits per heavy atom. The number of Topliss-reactive ketones (excluding diaryl/α,β-unsaturated/α-hetero) is 1. The standard InChI is InChI=1S/C14H11FN2O2/c1-9(18)11-6-5-10(15)8-13(11)17-14(19)12-4-2-3-7-16-12/h2-8H,1H3,(H,17,19). The van der Waals surface area contributed by atoms with Gasteiger partial charge < -0.3 is 5.32 Å². The van der Waals surface area contributed by atoms with Crippen LogP contribution >= 0.6 is 0 Å². The fraction of sp³-hybridized carbons (Fsp3) is 0.0714. The molecule has 19 heavy (non-hydrogen) atoms. The highest BCUT2D eigenvalue weighted by Crippen LogP contribution is 2.18. The molecule has 0 bridgehead atoms. The zero-order valence-electron chi connectivity index (χ0n) is 10.2. The molecule has 1 heterocycles. The molecule has 1 aromatic carbocycles. The molecule has 0 aliphatic carbocycles. The van der Waals surface area contributed by atoms with Gasteiger partial charge in [0.1, 0.15) is 11.5 Å². The summed E-state index contributed by atoms with van der Waals surface area (Å²) in [6.45, 7) is 1.35. The van der Waals surface area contributed by atoms with Gasteiger partial charge in [0.2, 0.25) is 0 Å². The summed E-state index contributed by atoms with van der Waals surface area (Å²) in [4.78, 5) is 27.2. The lowest BCUT2D eigenvalue weighted by Gasteiger charge is -2.08. The summed E-state index contributed by atoms with van der Waals surface area (Å²) in [5, 5.41) is 2.49. The number of anilines is 1. The average molecular weight is 258 g/mol. The van der Waals surface area contributed by atoms with E-state index in [0.29, 0.717) is 0 Å². The Balaban J connectivity index is 2.31. The molecule has 0 saturated heterocycles. The Hall–Kier alpha value is -2.56. The second kappa shape index (κ2) is 5.39. The molecule has 0 atom stereocenters. The molecule has 4 nitrogen and oxygen atoms in total. The van der Waals surface area contributed by atoms with Gasteiger partial charge in [-0.05, 0) is 37.3 Å². The first-order valence-corrected chi connectivity index (χ1v) is 5.61. The molecule has 0 saturated carbocycles. The maximum Gasteiger partial charge on any atom is 0.274 e. The van der Waals surface area contributed by atoms with Crippen LogP contribution in [0.1, 0.15) is 27.8 Å². The van der Waals surface area contributed by atoms with Gasteiger partial charge in [-0.15, -0.1) is 0 Å². The smallest absolute Gasteiger partial charge is 0.274 e. The predicted molar refractivity (Wildman–Crippen MR) is 68.6 cm³/mol. The first-order chi connectivity index (χ1) is 9.08. The van der Waals surface area contributed by atoms with E-state index in [0.717, 1.165) is 6.07 Å². The summed E-state index contributed by atoms with van der Waals surface area (Å²) in [6.07, 6.45) is 1.48. The number of hydrogen-bond acceptors (Lipinski definition) is 3. The molecule has 1 N–H and O–H groups in total. The highest BCUT2D eigenvalue weighted by molar-refractivity contribution is 6.08. The van der Waals surface area contributed by atoms with E-state index in [1.165, 1.54) is 31.3 Å². The third-order valence-corrected chi connectivity index (χ3v) is 2.51. The van der Waals surface area contributed by atoms with Gasteiger partial charge in [0.15, 0.2) is 5.78 Å². The van der Waals surface area contributed by atoms with E-state index in [1.807, 2.05) is 0 Å². The van der Waals surface area contributed by atoms with Crippen LogP contribution in [-0.4, -0.2) is 16.7 Å². The van der Waals surface area contributed by atoms with Crippen molar-refractivity contribution < 1.29 is 14.0 Å². The van der Waals surface area contributed by atoms with Gasteiger partial charge in [-0.2, -0.15) is 0 Å². The molecule has 96 valence electrons. The molecule has 0 radical (unpaired) electrons. The van der Waals surface area contributed by atoms with E-state index in [9.17, 15) is 14.0 Å². The Kier molecular flexibility index (Phi) is 3.66. The summed E-state index contributed by atoms with van der Waals surface area (Å²) < 4.78 is 13.2. The largest absolute Gasteiger partial charge is 0.320 e. The third kappa shape index (κ3) is 3.01. The van der Waals surface area contributed by atoms with Crippen molar-refractivity contribution in [2.75, 3.05) is 5.32 Å². The SMILES string of the molecule is CC(=O)c1ccc(F)cc1NC(=O)c1ccccn1. The summed E-state index contributed by atoms with van der Waals surface area (Å²) in [7, 11) is 0. The number of nitrogens with one attached hydrogen (secondary N) is 1. The van der Waals surface area contributed by atoms with E-state index >= 15 is 0 Å². The topological polar surface area (TPSA) is 59.1 Å². The van der Waals surface area contributed by atoms with Gasteiger partial charge in [-0.1, -0.05) is 6.07 Å². The van der Waals surface area contributed by atoms with E-state index in [4.69, 9.17) is 0 Å². The number of ketones is 1. The highest BCUT2D eigenvalue weighted by atomic mass is 19.1. The lowest BCUT2D eigenvalue weighted by atomic mass is 10.1. The van der Waals surface area contributed by atoms with Gasteiger partial charge >= 0.3 is 0 Å². The van der Waals surface area contributed by atoms with Gasteiger partial charge in [0, 0.05) is 11.8 Å². The molecule has 0 fully saturated rings. The zero-order valence-corrected chi connectivity index (χ0v) is 10.2. The zero-order chi connectivity index (χ0) is 13.8. The van der Waals surface area contributed by atoms with Crippen molar-refractivity contribution in [3.8, 4) is 0 Å². The summed E-state index contributed by atoms with van der Waals surface area (Å²) in [6, 6.07) is 8.50. The molecule has 0 unspecified atom stereocenters. The van der Waals surface area contributed by atoms with Crippen molar-refractivity contribution in [2.24, 2.45) is 0 Å². The Morgan fingerprint density at radius 3 is 2.63 bits per heavy atom. The van der Waals surface area contributed by atoms with Gasteiger partial charge in [-0.3, -0.25) is 14.6 Å². The molecule has 1 aromatic heterocycles. The summed E-state index contributed by atoms with van der Waals surface area (Å²) in [5.41, 5.74) is 0.593. The van der Waals surface area contributed by atoms with Crippen LogP contribution in [0.4, 0.5) is 10.1 Å². The molecule has 0 aliphatic rings. The van der Waals surface area contributed by atoms with Crippen LogP contribution in [0, 0.1) is 5.82 Å². The first-order valence-electron chi connectivity index (χ1n) is 5.61. The Labute approximate surface area is 109 Å². The van der Waals surface area contributed by atoms with Crippen LogP contribution in [0.5, 0.6) is 0 Å². The lowest BCUT2D eigenvalue weighted by Crippen LogP contribution is -2.15. The van der Waals surface area contributed by atoms with Crippen molar-refractivity contribution in [1.29, 1.82) is 0 Å². The molecule has 2 rings (SSSR count). The number of rotatable bonds is 3. The second-order valence-corrected chi connectivity index (χ2v) is 3.92. The molecule has 1 amide bonds. The quantitative estimate of drug-likeness (QED) is 0.861. The Bertz CT molecular complexity index is 627. The minimum absolute atomic E-state index is 0.142. The van der Waals surface area contributed by atoms with Crippen LogP contribution in [0.15, 0.2) is 42.6 Å². The third-order valence-electron chi connectivity index (χ3n) is 2.51. The number of nitrogens with zero attached hydrogens (tertiary/aromatic N) is 1. The van der Waals surface area contributed by atoms with Crippen LogP contribution in [0.2, 0.25) is 0 Å². The van der Waals surface area contributed by atoms with Gasteiger partial charge in [0.25, 0.3) is 5.91 Å². The number of benzene rings is 1. The minimum atomic E-state index is -0.527. The summed E-state index contributed by atoms with van der Waals surface area (Å²) in [5.74, 6) is -1.27. The fourth-order valence-corrected chi connectivity index (χ4v) is 1.61. The maximum absolute atomic E-state index is 13.2. The Morgan fingerprint density at radius 1 is 1.21 bits per heavy atom. The molecular weight excluding hydrogens is 247 g/mol. The van der Waals surface area contributed by atoms with Crippen LogP contribution in [0.25, 0.3) is 0 Å². The van der Waals surface area contributed by atoms with E-state index in [1.54, 1.807) is 12.1 Å². The molecule has 2 aromatic rings. The predicted octanol–water partition coefficient (Wildman–Crippen LogP) is 2.68. The molecule has 5 heteroatoms. The number of halogens is 1. The lowest BCUT2D eigenvalue weighted by molar-refractivity contribution is 0.101. The van der Waals surface area contributed by atoms with Crippen molar-refractivity contribution >= 4 is 17.4 Å². The average Bonchev–Trinajstić information content (AvgIpc) is 2.39. The van der Waals surface area contributed by atoms with E-state index < -0.39 is 11.7 Å². The second-order valence-electron chi connectivity index (χ2n) is 3.92. The van der Waals surface area contributed by atoms with Crippen molar-refractivity contribution in [1.82, 2.24) is 4.98 Å². The van der Waals surface area contributed by atoms with Gasteiger partial charge in [-0.25, -0.2) is 4.39 Å². The van der Waals surface area contributed by atoms with Crippen LogP contribution in [-0.2, 0) is 0 Å². The number of carbonyl (C=O) groups is 2.